The number of ether oxygens (including phenoxy) is 3. The Hall–Kier alpha value is -3.39. The zero-order valence-corrected chi connectivity index (χ0v) is 19.6. The molecular weight excluding hydrogens is 440 g/mol. The molecule has 3 atom stereocenters. The Balaban J connectivity index is 1.67. The first-order chi connectivity index (χ1) is 15.8. The van der Waals surface area contributed by atoms with Gasteiger partial charge in [0, 0.05) is 5.56 Å². The maximum atomic E-state index is 13.6. The SMILES string of the molecule is COC(=O)C1C2c3ccccc3OC1(C)N=c1s/c(=C/c3ccc(OC(C)C)cc3)c(=O)n12. The molecule has 0 spiro atoms. The average Bonchev–Trinajstić information content (AvgIpc) is 3.07. The van der Waals surface area contributed by atoms with Gasteiger partial charge in [-0.05, 0) is 50.6 Å². The summed E-state index contributed by atoms with van der Waals surface area (Å²) in [6.07, 6.45) is 1.92. The highest BCUT2D eigenvalue weighted by molar-refractivity contribution is 7.07. The van der Waals surface area contributed by atoms with E-state index in [-0.39, 0.29) is 11.7 Å². The normalized spacial score (nSPS) is 23.2. The number of hydrogen-bond donors (Lipinski definition) is 0. The molecule has 3 heterocycles. The van der Waals surface area contributed by atoms with Crippen LogP contribution in [0, 0.1) is 5.92 Å². The molecule has 2 aliphatic heterocycles. The summed E-state index contributed by atoms with van der Waals surface area (Å²) in [6, 6.07) is 14.5. The third-order valence-electron chi connectivity index (χ3n) is 5.88. The Bertz CT molecular complexity index is 1410. The van der Waals surface area contributed by atoms with Gasteiger partial charge in [-0.15, -0.1) is 0 Å². The number of fused-ring (bicyclic) bond motifs is 6. The van der Waals surface area contributed by atoms with Crippen LogP contribution in [0.2, 0.25) is 0 Å². The van der Waals surface area contributed by atoms with Crippen LogP contribution in [0.3, 0.4) is 0 Å². The highest BCUT2D eigenvalue weighted by atomic mass is 32.1. The van der Waals surface area contributed by atoms with Crippen molar-refractivity contribution in [3.63, 3.8) is 0 Å². The lowest BCUT2D eigenvalue weighted by molar-refractivity contribution is -0.158. The molecule has 0 aliphatic carbocycles. The van der Waals surface area contributed by atoms with Crippen LogP contribution >= 0.6 is 11.3 Å². The summed E-state index contributed by atoms with van der Waals surface area (Å²) in [5.41, 5.74) is 0.274. The van der Waals surface area contributed by atoms with Gasteiger partial charge >= 0.3 is 5.97 Å². The topological polar surface area (TPSA) is 79.1 Å². The Morgan fingerprint density at radius 3 is 2.64 bits per heavy atom. The number of rotatable bonds is 4. The van der Waals surface area contributed by atoms with E-state index in [2.05, 4.69) is 0 Å². The van der Waals surface area contributed by atoms with E-state index in [1.807, 2.05) is 68.5 Å². The van der Waals surface area contributed by atoms with Gasteiger partial charge in [-0.2, -0.15) is 0 Å². The highest BCUT2D eigenvalue weighted by Crippen LogP contribution is 2.47. The molecule has 0 amide bonds. The Morgan fingerprint density at radius 2 is 1.94 bits per heavy atom. The van der Waals surface area contributed by atoms with Crippen LogP contribution in [0.25, 0.3) is 6.08 Å². The molecule has 3 unspecified atom stereocenters. The van der Waals surface area contributed by atoms with E-state index in [4.69, 9.17) is 19.2 Å². The molecule has 0 N–H and O–H groups in total. The second kappa shape index (κ2) is 7.88. The monoisotopic (exact) mass is 464 g/mol. The zero-order valence-electron chi connectivity index (χ0n) is 18.8. The molecule has 1 aromatic heterocycles. The van der Waals surface area contributed by atoms with Crippen molar-refractivity contribution in [1.82, 2.24) is 4.57 Å². The van der Waals surface area contributed by atoms with Crippen LogP contribution < -0.4 is 24.4 Å². The summed E-state index contributed by atoms with van der Waals surface area (Å²) in [7, 11) is 1.34. The average molecular weight is 465 g/mol. The van der Waals surface area contributed by atoms with Crippen LogP contribution in [-0.2, 0) is 9.53 Å². The van der Waals surface area contributed by atoms with Gasteiger partial charge in [0.1, 0.15) is 17.4 Å². The summed E-state index contributed by atoms with van der Waals surface area (Å²) in [6.45, 7) is 5.71. The van der Waals surface area contributed by atoms with E-state index in [1.54, 1.807) is 11.5 Å². The standard InChI is InChI=1S/C25H24N2O5S/c1-14(2)31-16-11-9-15(10-12-16)13-19-22(28)27-21-17-7-5-6-8-18(17)32-25(3,26-24(27)33-19)20(21)23(29)30-4/h5-14,20-21H,1-4H3/b19-13+. The maximum absolute atomic E-state index is 13.6. The van der Waals surface area contributed by atoms with Crippen molar-refractivity contribution >= 4 is 23.4 Å². The molecule has 2 aromatic carbocycles. The Morgan fingerprint density at radius 1 is 1.21 bits per heavy atom. The molecule has 2 aliphatic rings. The van der Waals surface area contributed by atoms with Crippen molar-refractivity contribution in [2.75, 3.05) is 7.11 Å². The van der Waals surface area contributed by atoms with Crippen LogP contribution in [0.1, 0.15) is 37.9 Å². The number of aromatic nitrogens is 1. The van der Waals surface area contributed by atoms with Crippen LogP contribution in [-0.4, -0.2) is 29.5 Å². The smallest absolute Gasteiger partial charge is 0.317 e. The van der Waals surface area contributed by atoms with E-state index in [1.165, 1.54) is 18.4 Å². The third kappa shape index (κ3) is 3.54. The molecule has 170 valence electrons. The summed E-state index contributed by atoms with van der Waals surface area (Å²) in [5.74, 6) is 0.146. The molecule has 8 heteroatoms. The number of hydrogen-bond acceptors (Lipinski definition) is 7. The van der Waals surface area contributed by atoms with Gasteiger partial charge in [-0.25, -0.2) is 4.99 Å². The van der Waals surface area contributed by atoms with Gasteiger partial charge in [-0.3, -0.25) is 14.2 Å². The quantitative estimate of drug-likeness (QED) is 0.555. The lowest BCUT2D eigenvalue weighted by Crippen LogP contribution is -2.58. The van der Waals surface area contributed by atoms with Crippen molar-refractivity contribution in [1.29, 1.82) is 0 Å². The fraction of sp³-hybridized carbons (Fsp3) is 0.320. The zero-order chi connectivity index (χ0) is 23.3. The van der Waals surface area contributed by atoms with Gasteiger partial charge in [0.15, 0.2) is 4.80 Å². The van der Waals surface area contributed by atoms with E-state index >= 15 is 0 Å². The first-order valence-corrected chi connectivity index (χ1v) is 11.6. The van der Waals surface area contributed by atoms with Crippen LogP contribution in [0.4, 0.5) is 0 Å². The molecule has 0 radical (unpaired) electrons. The van der Waals surface area contributed by atoms with Gasteiger partial charge in [0.2, 0.25) is 5.72 Å². The largest absolute Gasteiger partial charge is 0.491 e. The minimum absolute atomic E-state index is 0.0867. The number of esters is 1. The van der Waals surface area contributed by atoms with Crippen molar-refractivity contribution in [2.24, 2.45) is 10.9 Å². The lowest BCUT2D eigenvalue weighted by Gasteiger charge is -2.44. The minimum Gasteiger partial charge on any atom is -0.491 e. The predicted molar refractivity (Wildman–Crippen MR) is 124 cm³/mol. The molecule has 2 bridgehead atoms. The number of carbonyl (C=O) groups is 1. The number of benzene rings is 2. The molecule has 5 rings (SSSR count). The maximum Gasteiger partial charge on any atom is 0.317 e. The van der Waals surface area contributed by atoms with E-state index in [0.29, 0.717) is 15.1 Å². The number of para-hydroxylation sites is 1. The molecule has 33 heavy (non-hydrogen) atoms. The lowest BCUT2D eigenvalue weighted by atomic mass is 9.81. The Labute approximate surface area is 194 Å². The van der Waals surface area contributed by atoms with Crippen molar-refractivity contribution in [3.8, 4) is 11.5 Å². The highest BCUT2D eigenvalue weighted by Gasteiger charge is 2.55. The molecule has 0 fully saturated rings. The number of methoxy groups -OCH3 is 1. The van der Waals surface area contributed by atoms with E-state index in [0.717, 1.165) is 16.9 Å². The fourth-order valence-electron chi connectivity index (χ4n) is 4.50. The molecular formula is C25H24N2O5S. The van der Waals surface area contributed by atoms with Crippen LogP contribution in [0.5, 0.6) is 11.5 Å². The summed E-state index contributed by atoms with van der Waals surface area (Å²) in [4.78, 5) is 31.7. The molecule has 0 saturated heterocycles. The second-order valence-corrected chi connectivity index (χ2v) is 9.57. The second-order valence-electron chi connectivity index (χ2n) is 8.56. The number of thiazole rings is 1. The first-order valence-electron chi connectivity index (χ1n) is 10.8. The summed E-state index contributed by atoms with van der Waals surface area (Å²) in [5, 5.41) is 0. The first kappa shape index (κ1) is 21.5. The van der Waals surface area contributed by atoms with Crippen LogP contribution in [0.15, 0.2) is 58.3 Å². The molecule has 3 aromatic rings. The van der Waals surface area contributed by atoms with Gasteiger partial charge in [0.25, 0.3) is 5.56 Å². The van der Waals surface area contributed by atoms with Crippen molar-refractivity contribution in [3.05, 3.63) is 79.3 Å². The van der Waals surface area contributed by atoms with Crippen molar-refractivity contribution < 1.29 is 19.0 Å². The van der Waals surface area contributed by atoms with Gasteiger partial charge < -0.3 is 14.2 Å². The number of carbonyl (C=O) groups excluding carboxylic acids is 1. The Kier molecular flexibility index (Phi) is 5.12. The molecule has 0 saturated carbocycles. The van der Waals surface area contributed by atoms with Gasteiger partial charge in [-0.1, -0.05) is 41.7 Å². The number of nitrogens with zero attached hydrogens (tertiary/aromatic N) is 2. The van der Waals surface area contributed by atoms with Gasteiger partial charge in [0.05, 0.1) is 23.8 Å². The van der Waals surface area contributed by atoms with E-state index in [9.17, 15) is 9.59 Å². The third-order valence-corrected chi connectivity index (χ3v) is 6.87. The van der Waals surface area contributed by atoms with E-state index < -0.39 is 23.7 Å². The summed E-state index contributed by atoms with van der Waals surface area (Å²) >= 11 is 1.29. The van der Waals surface area contributed by atoms with Crippen molar-refractivity contribution in [2.45, 2.75) is 38.6 Å². The summed E-state index contributed by atoms with van der Waals surface area (Å²) < 4.78 is 19.1. The predicted octanol–water partition coefficient (Wildman–Crippen LogP) is 2.65. The molecule has 7 nitrogen and oxygen atoms in total. The minimum atomic E-state index is -1.17. The fourth-order valence-corrected chi connectivity index (χ4v) is 5.60.